The zero-order valence-electron chi connectivity index (χ0n) is 19.9. The number of carboxylic acids is 1. The number of para-hydroxylation sites is 2. The van der Waals surface area contributed by atoms with Crippen molar-refractivity contribution in [3.63, 3.8) is 0 Å². The molecule has 0 fully saturated rings. The van der Waals surface area contributed by atoms with E-state index < -0.39 is 5.97 Å². The second-order valence-electron chi connectivity index (χ2n) is 8.16. The average molecular weight is 485 g/mol. The molecule has 0 bridgehead atoms. The highest BCUT2D eigenvalue weighted by atomic mass is 16.5. The van der Waals surface area contributed by atoms with Crippen molar-refractivity contribution in [2.45, 2.75) is 19.8 Å². The van der Waals surface area contributed by atoms with E-state index >= 15 is 0 Å². The fourth-order valence-electron chi connectivity index (χ4n) is 4.05. The number of aliphatic carboxylic acids is 1. The molecule has 5 rings (SSSR count). The first kappa shape index (κ1) is 24.6. The minimum atomic E-state index is -0.833. The van der Waals surface area contributed by atoms with Gasteiger partial charge in [-0.15, -0.1) is 0 Å². The summed E-state index contributed by atoms with van der Waals surface area (Å²) in [5, 5.41) is 8.50. The summed E-state index contributed by atoms with van der Waals surface area (Å²) in [6.45, 7) is 1.69. The van der Waals surface area contributed by atoms with Crippen molar-refractivity contribution in [2.75, 3.05) is 6.54 Å². The van der Waals surface area contributed by atoms with Crippen LogP contribution in [-0.2, 0) is 11.2 Å². The average Bonchev–Trinajstić information content (AvgIpc) is 3.43. The normalized spacial score (nSPS) is 10.6. The zero-order chi connectivity index (χ0) is 25.5. The molecule has 2 aromatic heterocycles. The molecule has 0 saturated carbocycles. The maximum Gasteiger partial charge on any atom is 0.330 e. The van der Waals surface area contributed by atoms with Crippen molar-refractivity contribution in [2.24, 2.45) is 5.73 Å². The van der Waals surface area contributed by atoms with E-state index in [0.717, 1.165) is 59.1 Å². The van der Waals surface area contributed by atoms with Crippen molar-refractivity contribution in [3.8, 4) is 28.4 Å². The number of hydrogen-bond donors (Lipinski definition) is 4. The number of H-pyrrole nitrogens is 2. The predicted molar refractivity (Wildman–Crippen MR) is 141 cm³/mol. The molecular formula is C28H28N4O4. The van der Waals surface area contributed by atoms with Crippen LogP contribution in [0.25, 0.3) is 27.8 Å². The largest absolute Gasteiger partial charge is 0.481 e. The third-order valence-corrected chi connectivity index (χ3v) is 5.52. The topological polar surface area (TPSA) is 126 Å². The summed E-state index contributed by atoms with van der Waals surface area (Å²) >= 11 is 0. The molecule has 0 spiro atoms. The number of aromatic nitrogens is 3. The van der Waals surface area contributed by atoms with Crippen molar-refractivity contribution in [3.05, 3.63) is 101 Å². The number of nitrogens with zero attached hydrogens (tertiary/aromatic N) is 1. The van der Waals surface area contributed by atoms with Crippen molar-refractivity contribution in [1.29, 1.82) is 0 Å². The smallest absolute Gasteiger partial charge is 0.330 e. The quantitative estimate of drug-likeness (QED) is 0.256. The Balaban J connectivity index is 0.000000709. The van der Waals surface area contributed by atoms with Gasteiger partial charge in [0.15, 0.2) is 0 Å². The minimum absolute atomic E-state index is 0.188. The van der Waals surface area contributed by atoms with Gasteiger partial charge in [0.05, 0.1) is 11.4 Å². The number of ether oxygens (including phenoxy) is 1. The summed E-state index contributed by atoms with van der Waals surface area (Å²) in [6, 6.07) is 25.3. The van der Waals surface area contributed by atoms with E-state index in [9.17, 15) is 4.79 Å². The monoisotopic (exact) mass is 484 g/mol. The van der Waals surface area contributed by atoms with Gasteiger partial charge in [-0.25, -0.2) is 4.79 Å². The highest BCUT2D eigenvalue weighted by Crippen LogP contribution is 2.34. The first-order valence-electron chi connectivity index (χ1n) is 11.6. The molecular weight excluding hydrogens is 456 g/mol. The van der Waals surface area contributed by atoms with Crippen LogP contribution in [0.3, 0.4) is 0 Å². The highest BCUT2D eigenvalue weighted by Gasteiger charge is 2.19. The predicted octanol–water partition coefficient (Wildman–Crippen LogP) is 5.09. The van der Waals surface area contributed by atoms with Gasteiger partial charge in [0.1, 0.15) is 11.5 Å². The van der Waals surface area contributed by atoms with Gasteiger partial charge in [-0.05, 0) is 61.9 Å². The molecule has 5 aromatic rings. The van der Waals surface area contributed by atoms with E-state index in [-0.39, 0.29) is 5.69 Å². The lowest BCUT2D eigenvalue weighted by Crippen LogP contribution is -2.15. The molecule has 8 nitrogen and oxygen atoms in total. The van der Waals surface area contributed by atoms with Gasteiger partial charge in [-0.3, -0.25) is 9.36 Å². The van der Waals surface area contributed by atoms with E-state index in [4.69, 9.17) is 20.4 Å². The Morgan fingerprint density at radius 1 is 0.972 bits per heavy atom. The molecule has 184 valence electrons. The van der Waals surface area contributed by atoms with Gasteiger partial charge in [0.25, 0.3) is 5.97 Å². The second-order valence-corrected chi connectivity index (χ2v) is 8.16. The zero-order valence-corrected chi connectivity index (χ0v) is 19.9. The van der Waals surface area contributed by atoms with Gasteiger partial charge < -0.3 is 25.5 Å². The summed E-state index contributed by atoms with van der Waals surface area (Å²) in [7, 11) is 0. The summed E-state index contributed by atoms with van der Waals surface area (Å²) in [4.78, 5) is 28.2. The van der Waals surface area contributed by atoms with Gasteiger partial charge in [-0.1, -0.05) is 36.4 Å². The lowest BCUT2D eigenvalue weighted by molar-refractivity contribution is -0.134. The Morgan fingerprint density at radius 2 is 1.61 bits per heavy atom. The lowest BCUT2D eigenvalue weighted by atomic mass is 10.0. The molecule has 8 heteroatoms. The molecule has 36 heavy (non-hydrogen) atoms. The molecule has 0 aliphatic rings. The number of nitrogens with one attached hydrogen (secondary N) is 2. The number of nitrogens with two attached hydrogens (primary N) is 1. The van der Waals surface area contributed by atoms with E-state index in [1.165, 1.54) is 0 Å². The fourth-order valence-corrected chi connectivity index (χ4v) is 4.05. The molecule has 2 heterocycles. The van der Waals surface area contributed by atoms with E-state index in [1.54, 1.807) is 10.8 Å². The molecule has 0 saturated heterocycles. The van der Waals surface area contributed by atoms with Crippen molar-refractivity contribution in [1.82, 2.24) is 14.5 Å². The Bertz CT molecular complexity index is 1490. The maximum atomic E-state index is 12.8. The van der Waals surface area contributed by atoms with Crippen LogP contribution in [0.15, 0.2) is 89.9 Å². The molecule has 3 aromatic carbocycles. The number of aryl methyl sites for hydroxylation is 1. The number of imidazole rings is 1. The number of benzene rings is 3. The minimum Gasteiger partial charge on any atom is -0.481 e. The van der Waals surface area contributed by atoms with Crippen molar-refractivity contribution >= 4 is 16.9 Å². The molecule has 0 aliphatic carbocycles. The molecule has 0 aliphatic heterocycles. The van der Waals surface area contributed by atoms with E-state index in [0.29, 0.717) is 12.3 Å². The number of fused-ring (bicyclic) bond motifs is 1. The molecule has 0 radical (unpaired) electrons. The number of rotatable bonds is 7. The van der Waals surface area contributed by atoms with Crippen LogP contribution in [0.4, 0.5) is 0 Å². The maximum absolute atomic E-state index is 12.8. The summed E-state index contributed by atoms with van der Waals surface area (Å²) in [6.07, 6.45) is 3.45. The lowest BCUT2D eigenvalue weighted by Gasteiger charge is -2.11. The van der Waals surface area contributed by atoms with E-state index in [2.05, 4.69) is 22.1 Å². The second kappa shape index (κ2) is 11.2. The molecule has 0 amide bonds. The van der Waals surface area contributed by atoms with Gasteiger partial charge in [0.2, 0.25) is 0 Å². The Hall–Kier alpha value is -4.56. The van der Waals surface area contributed by atoms with Crippen LogP contribution < -0.4 is 16.2 Å². The SMILES string of the molecule is CC(=O)O.NCCCc1[nH]c2ccccc2c1-c1c[nH]c(=O)n1-c1ccc(Oc2ccccc2)cc1. The van der Waals surface area contributed by atoms with Crippen LogP contribution in [0, 0.1) is 0 Å². The highest BCUT2D eigenvalue weighted by molar-refractivity contribution is 5.97. The number of carboxylic acid groups (broad SMARTS) is 1. The molecule has 0 unspecified atom stereocenters. The summed E-state index contributed by atoms with van der Waals surface area (Å²) in [5.41, 5.74) is 10.3. The summed E-state index contributed by atoms with van der Waals surface area (Å²) in [5.74, 6) is 0.643. The first-order chi connectivity index (χ1) is 17.5. The third kappa shape index (κ3) is 5.56. The molecule has 5 N–H and O–H groups in total. The Morgan fingerprint density at radius 3 is 2.31 bits per heavy atom. The van der Waals surface area contributed by atoms with Crippen LogP contribution in [-0.4, -0.2) is 32.2 Å². The fraction of sp³-hybridized carbons (Fsp3) is 0.143. The number of aromatic amines is 2. The Labute approximate surface area is 208 Å². The Kier molecular flexibility index (Phi) is 7.67. The van der Waals surface area contributed by atoms with E-state index in [1.807, 2.05) is 66.7 Å². The van der Waals surface area contributed by atoms with Gasteiger partial charge in [-0.2, -0.15) is 0 Å². The van der Waals surface area contributed by atoms with Gasteiger partial charge >= 0.3 is 5.69 Å². The molecule has 0 atom stereocenters. The first-order valence-corrected chi connectivity index (χ1v) is 11.6. The van der Waals surface area contributed by atoms with Crippen molar-refractivity contribution < 1.29 is 14.6 Å². The van der Waals surface area contributed by atoms with Crippen LogP contribution >= 0.6 is 0 Å². The number of hydrogen-bond acceptors (Lipinski definition) is 4. The summed E-state index contributed by atoms with van der Waals surface area (Å²) < 4.78 is 7.59. The number of carbonyl (C=O) groups is 1. The standard InChI is InChI=1S/C26H24N4O2.C2H4O2/c27-16-6-11-23-25(21-9-4-5-10-22(21)29-23)24-17-28-26(31)30(24)18-12-14-20(15-13-18)32-19-7-2-1-3-8-19;1-2(3)4/h1-5,7-10,12-15,17,29H,6,11,16,27H2,(H,28,31);1H3,(H,3,4). The van der Waals surface area contributed by atoms with Gasteiger partial charge in [0, 0.05) is 35.3 Å². The van der Waals surface area contributed by atoms with Crippen LogP contribution in [0.5, 0.6) is 11.5 Å². The van der Waals surface area contributed by atoms with Crippen LogP contribution in [0.2, 0.25) is 0 Å². The third-order valence-electron chi connectivity index (χ3n) is 5.52. The van der Waals surface area contributed by atoms with Crippen LogP contribution in [0.1, 0.15) is 19.0 Å².